The number of carbonyl (C=O) groups is 1. The molecule has 8 heteroatoms. The van der Waals surface area contributed by atoms with Gasteiger partial charge in [0.25, 0.3) is 0 Å². The Morgan fingerprint density at radius 1 is 1.02 bits per heavy atom. The quantitative estimate of drug-likeness (QED) is 0.418. The van der Waals surface area contributed by atoms with Crippen molar-refractivity contribution in [3.05, 3.63) is 0 Å². The van der Waals surface area contributed by atoms with E-state index in [4.69, 9.17) is 14.2 Å². The van der Waals surface area contributed by atoms with Crippen LogP contribution in [0.1, 0.15) is 107 Å². The molecule has 13 atom stereocenters. The summed E-state index contributed by atoms with van der Waals surface area (Å²) in [5, 5.41) is 24.3. The lowest BCUT2D eigenvalue weighted by Crippen LogP contribution is -2.57. The molecular weight excluding hydrogens is 556 g/mol. The molecule has 8 rings (SSSR count). The lowest BCUT2D eigenvalue weighted by Gasteiger charge is -2.60. The normalized spacial score (nSPS) is 52.2. The van der Waals surface area contributed by atoms with Crippen molar-refractivity contribution >= 4 is 5.91 Å². The van der Waals surface area contributed by atoms with Gasteiger partial charge in [0.15, 0.2) is 6.29 Å². The standard InChI is InChI=1S/C36H58N2O6.H2/c1-32(2)27-9-7-21-23-18-26-22(6-8-25(43-26)30(39)33(3,4)41)34(23,5)13-14-35(21)20-36(27,35)12-10-28(32)44-29-19-38(16-17-42-29)24-11-15-37-31(24)40;/h21-30,39,41H,6-20H2,1-5H3,(H,37,40);1H/t21?,22?,23?,24-,25?,26?,27?,28-,29?,30-,34?,35-,36?;/m0./s1. The second kappa shape index (κ2) is 10.1. The van der Waals surface area contributed by atoms with Gasteiger partial charge in [0.2, 0.25) is 5.91 Å². The Morgan fingerprint density at radius 2 is 1.82 bits per heavy atom. The van der Waals surface area contributed by atoms with Gasteiger partial charge in [-0.25, -0.2) is 0 Å². The van der Waals surface area contributed by atoms with E-state index in [0.717, 1.165) is 51.1 Å². The molecule has 5 saturated carbocycles. The van der Waals surface area contributed by atoms with Crippen LogP contribution in [0, 0.1) is 45.3 Å². The van der Waals surface area contributed by atoms with Crippen LogP contribution in [0.3, 0.4) is 0 Å². The number of morpholine rings is 1. The maximum Gasteiger partial charge on any atom is 0.237 e. The molecule has 0 aromatic heterocycles. The molecule has 3 heterocycles. The number of nitrogens with one attached hydrogen (secondary N) is 1. The van der Waals surface area contributed by atoms with Gasteiger partial charge in [0.05, 0.1) is 43.1 Å². The van der Waals surface area contributed by atoms with Crippen LogP contribution in [-0.4, -0.2) is 89.6 Å². The highest BCUT2D eigenvalue weighted by Crippen LogP contribution is 2.87. The van der Waals surface area contributed by atoms with Crippen molar-refractivity contribution in [1.29, 1.82) is 0 Å². The molecule has 3 aliphatic heterocycles. The molecule has 0 aromatic rings. The Hall–Kier alpha value is -0.770. The summed E-state index contributed by atoms with van der Waals surface area (Å²) in [5.41, 5.74) is 0.223. The van der Waals surface area contributed by atoms with Crippen molar-refractivity contribution in [2.75, 3.05) is 26.2 Å². The van der Waals surface area contributed by atoms with Crippen molar-refractivity contribution in [2.45, 2.75) is 148 Å². The Kier molecular flexibility index (Phi) is 7.03. The summed E-state index contributed by atoms with van der Waals surface area (Å²) in [6, 6.07) is -0.0338. The van der Waals surface area contributed by atoms with Gasteiger partial charge in [-0.1, -0.05) is 20.8 Å². The van der Waals surface area contributed by atoms with Crippen LogP contribution in [0.5, 0.6) is 0 Å². The van der Waals surface area contributed by atoms with E-state index in [0.29, 0.717) is 47.2 Å². The number of rotatable bonds is 5. The molecule has 5 aliphatic carbocycles. The lowest BCUT2D eigenvalue weighted by atomic mass is 9.46. The van der Waals surface area contributed by atoms with E-state index in [1.807, 2.05) is 0 Å². The van der Waals surface area contributed by atoms with Gasteiger partial charge in [0.1, 0.15) is 6.10 Å². The zero-order chi connectivity index (χ0) is 30.9. The maximum atomic E-state index is 12.4. The number of nitrogens with zero attached hydrogens (tertiary/aromatic N) is 1. The van der Waals surface area contributed by atoms with Gasteiger partial charge in [-0.05, 0) is 130 Å². The van der Waals surface area contributed by atoms with Crippen LogP contribution in [0.25, 0.3) is 0 Å². The monoisotopic (exact) mass is 616 g/mol. The number of hydrogen-bond acceptors (Lipinski definition) is 7. The molecule has 8 nitrogen and oxygen atoms in total. The third-order valence-electron chi connectivity index (χ3n) is 15.5. The average molecular weight is 617 g/mol. The van der Waals surface area contributed by atoms with E-state index in [1.165, 1.54) is 38.5 Å². The number of carbonyl (C=O) groups excluding carboxylic acids is 1. The minimum Gasteiger partial charge on any atom is -0.388 e. The number of amides is 1. The first-order valence-corrected chi connectivity index (χ1v) is 18.1. The highest BCUT2D eigenvalue weighted by atomic mass is 16.7. The summed E-state index contributed by atoms with van der Waals surface area (Å²) < 4.78 is 19.7. The topological polar surface area (TPSA) is 100 Å². The van der Waals surface area contributed by atoms with Gasteiger partial charge in [-0.3, -0.25) is 9.69 Å². The highest BCUT2D eigenvalue weighted by Gasteiger charge is 2.80. The van der Waals surface area contributed by atoms with Gasteiger partial charge < -0.3 is 29.7 Å². The summed E-state index contributed by atoms with van der Waals surface area (Å²) in [6.45, 7) is 13.8. The third kappa shape index (κ3) is 4.25. The zero-order valence-corrected chi connectivity index (χ0v) is 27.9. The van der Waals surface area contributed by atoms with E-state index < -0.39 is 11.7 Å². The van der Waals surface area contributed by atoms with Crippen LogP contribution in [0.2, 0.25) is 0 Å². The molecule has 2 spiro atoms. The molecular formula is C36H60N2O6. The van der Waals surface area contributed by atoms with Gasteiger partial charge in [0, 0.05) is 14.5 Å². The fourth-order valence-corrected chi connectivity index (χ4v) is 13.3. The lowest BCUT2D eigenvalue weighted by molar-refractivity contribution is -0.247. The van der Waals surface area contributed by atoms with Crippen molar-refractivity contribution in [3.8, 4) is 0 Å². The van der Waals surface area contributed by atoms with Crippen LogP contribution in [0.4, 0.5) is 0 Å². The van der Waals surface area contributed by atoms with E-state index in [1.54, 1.807) is 13.8 Å². The van der Waals surface area contributed by atoms with Crippen molar-refractivity contribution in [3.63, 3.8) is 0 Å². The minimum absolute atomic E-state index is 0. The first kappa shape index (κ1) is 30.6. The summed E-state index contributed by atoms with van der Waals surface area (Å²) >= 11 is 0. The van der Waals surface area contributed by atoms with Crippen molar-refractivity contribution < 1.29 is 30.6 Å². The fourth-order valence-electron chi connectivity index (χ4n) is 13.3. The van der Waals surface area contributed by atoms with Crippen molar-refractivity contribution in [1.82, 2.24) is 10.2 Å². The zero-order valence-electron chi connectivity index (χ0n) is 27.9. The molecule has 3 saturated heterocycles. The van der Waals surface area contributed by atoms with E-state index in [-0.39, 0.29) is 43.4 Å². The predicted molar refractivity (Wildman–Crippen MR) is 168 cm³/mol. The molecule has 0 bridgehead atoms. The van der Waals surface area contributed by atoms with Crippen molar-refractivity contribution in [2.24, 2.45) is 45.3 Å². The second-order valence-corrected chi connectivity index (χ2v) is 17.9. The molecule has 9 unspecified atom stereocenters. The summed E-state index contributed by atoms with van der Waals surface area (Å²) in [6.07, 6.45) is 12.1. The first-order valence-electron chi connectivity index (χ1n) is 18.1. The Morgan fingerprint density at radius 3 is 2.57 bits per heavy atom. The van der Waals surface area contributed by atoms with Crippen LogP contribution < -0.4 is 5.32 Å². The Labute approximate surface area is 265 Å². The number of fused-ring (bicyclic) bond motifs is 4. The summed E-state index contributed by atoms with van der Waals surface area (Å²) in [5.74, 6) is 2.90. The van der Waals surface area contributed by atoms with Crippen LogP contribution in [0.15, 0.2) is 0 Å². The van der Waals surface area contributed by atoms with Crippen LogP contribution >= 0.6 is 0 Å². The Bertz CT molecular complexity index is 1160. The van der Waals surface area contributed by atoms with Gasteiger partial charge >= 0.3 is 0 Å². The average Bonchev–Trinajstić information content (AvgIpc) is 3.27. The van der Waals surface area contributed by atoms with Gasteiger partial charge in [-0.2, -0.15) is 0 Å². The summed E-state index contributed by atoms with van der Waals surface area (Å²) in [4.78, 5) is 14.6. The minimum atomic E-state index is -1.14. The predicted octanol–water partition coefficient (Wildman–Crippen LogP) is 4.50. The van der Waals surface area contributed by atoms with Crippen LogP contribution in [-0.2, 0) is 19.0 Å². The van der Waals surface area contributed by atoms with Gasteiger partial charge in [-0.15, -0.1) is 0 Å². The molecule has 3 N–H and O–H groups in total. The summed E-state index contributed by atoms with van der Waals surface area (Å²) in [7, 11) is 0. The first-order chi connectivity index (χ1) is 20.8. The smallest absolute Gasteiger partial charge is 0.237 e. The number of aliphatic hydroxyl groups excluding tert-OH is 1. The Balaban J connectivity index is 0.00000325. The number of hydrogen-bond donors (Lipinski definition) is 3. The largest absolute Gasteiger partial charge is 0.388 e. The van der Waals surface area contributed by atoms with E-state index in [2.05, 4.69) is 31.0 Å². The molecule has 250 valence electrons. The molecule has 0 radical (unpaired) electrons. The molecule has 8 fully saturated rings. The maximum absolute atomic E-state index is 12.4. The third-order valence-corrected chi connectivity index (χ3v) is 15.5. The SMILES string of the molecule is CC12CC[C@@]34CC35CC[C@H](OC3CN([C@H]6CCNC6=O)CCO3)C(C)(C)C5CCC4C1CC1OC([C@H](O)C(C)(C)O)CCC12.[HH]. The fraction of sp³-hybridized carbons (Fsp3) is 0.972. The van der Waals surface area contributed by atoms with E-state index >= 15 is 0 Å². The molecule has 0 aromatic carbocycles. The highest BCUT2D eigenvalue weighted by molar-refractivity contribution is 5.83. The molecule has 44 heavy (non-hydrogen) atoms. The molecule has 8 aliphatic rings. The second-order valence-electron chi connectivity index (χ2n) is 17.9. The molecule has 1 amide bonds. The number of aliphatic hydroxyl groups is 2. The number of ether oxygens (including phenoxy) is 3. The van der Waals surface area contributed by atoms with E-state index in [9.17, 15) is 15.0 Å².